The van der Waals surface area contributed by atoms with Crippen LogP contribution in [0.3, 0.4) is 0 Å². The molecule has 1 aliphatic rings. The Morgan fingerprint density at radius 2 is 1.60 bits per heavy atom. The zero-order valence-corrected chi connectivity index (χ0v) is 6.39. The monoisotopic (exact) mass is 140 g/mol. The number of hydrogen-bond donors (Lipinski definition) is 0. The molecule has 1 rings (SSSR count). The van der Waals surface area contributed by atoms with Crippen molar-refractivity contribution in [2.45, 2.75) is 26.7 Å². The summed E-state index contributed by atoms with van der Waals surface area (Å²) in [7, 11) is 0. The summed E-state index contributed by atoms with van der Waals surface area (Å²) in [5.74, 6) is 0.452. The summed E-state index contributed by atoms with van der Waals surface area (Å²) in [4.78, 5) is 21.5. The molecule has 0 radical (unpaired) electrons. The van der Waals surface area contributed by atoms with Crippen molar-refractivity contribution < 1.29 is 9.59 Å². The Labute approximate surface area is 60.6 Å². The number of carbonyl (C=O) groups is 2. The first-order chi connectivity index (χ1) is 4.61. The average molecular weight is 140 g/mol. The van der Waals surface area contributed by atoms with Crippen LogP contribution in [0, 0.1) is 11.8 Å². The summed E-state index contributed by atoms with van der Waals surface area (Å²) >= 11 is 0. The van der Waals surface area contributed by atoms with E-state index in [2.05, 4.69) is 13.8 Å². The van der Waals surface area contributed by atoms with Crippen LogP contribution in [0.2, 0.25) is 0 Å². The Bertz CT molecular complexity index is 154. The number of hydrogen-bond acceptors (Lipinski definition) is 2. The standard InChI is InChI=1S/C8H12O2/c1-5(2)6-3-7(9)8(10)4-6/h5-6H,3-4H2,1-2H3. The highest BCUT2D eigenvalue weighted by Gasteiger charge is 2.31. The minimum atomic E-state index is -0.168. The largest absolute Gasteiger partial charge is 0.291 e. The van der Waals surface area contributed by atoms with E-state index in [1.54, 1.807) is 0 Å². The van der Waals surface area contributed by atoms with E-state index in [0.717, 1.165) is 0 Å². The van der Waals surface area contributed by atoms with Gasteiger partial charge in [0.05, 0.1) is 0 Å². The van der Waals surface area contributed by atoms with Crippen molar-refractivity contribution in [1.29, 1.82) is 0 Å². The minimum Gasteiger partial charge on any atom is -0.291 e. The molecule has 1 aliphatic carbocycles. The highest BCUT2D eigenvalue weighted by Crippen LogP contribution is 2.26. The molecule has 0 bridgehead atoms. The lowest BCUT2D eigenvalue weighted by Crippen LogP contribution is -2.03. The first-order valence-electron chi connectivity index (χ1n) is 3.67. The van der Waals surface area contributed by atoms with Crippen molar-refractivity contribution in [2.24, 2.45) is 11.8 Å². The maximum absolute atomic E-state index is 10.7. The molecule has 0 saturated heterocycles. The molecular formula is C8H12O2. The van der Waals surface area contributed by atoms with E-state index < -0.39 is 0 Å². The first-order valence-corrected chi connectivity index (χ1v) is 3.67. The van der Waals surface area contributed by atoms with Crippen LogP contribution in [-0.2, 0) is 9.59 Å². The third-order valence-corrected chi connectivity index (χ3v) is 2.15. The average Bonchev–Trinajstić information content (AvgIpc) is 2.13. The summed E-state index contributed by atoms with van der Waals surface area (Å²) in [6.45, 7) is 4.10. The summed E-state index contributed by atoms with van der Waals surface area (Å²) in [6.07, 6.45) is 0.965. The van der Waals surface area contributed by atoms with Crippen LogP contribution in [0.1, 0.15) is 26.7 Å². The molecule has 0 unspecified atom stereocenters. The van der Waals surface area contributed by atoms with Crippen LogP contribution in [-0.4, -0.2) is 11.6 Å². The van der Waals surface area contributed by atoms with Gasteiger partial charge in [-0.05, 0) is 11.8 Å². The fourth-order valence-electron chi connectivity index (χ4n) is 1.25. The fourth-order valence-corrected chi connectivity index (χ4v) is 1.25. The Kier molecular flexibility index (Phi) is 1.88. The second-order valence-electron chi connectivity index (χ2n) is 3.26. The zero-order valence-electron chi connectivity index (χ0n) is 6.39. The van der Waals surface area contributed by atoms with Crippen LogP contribution in [0.4, 0.5) is 0 Å². The Morgan fingerprint density at radius 1 is 1.20 bits per heavy atom. The van der Waals surface area contributed by atoms with Gasteiger partial charge in [-0.25, -0.2) is 0 Å². The first kappa shape index (κ1) is 7.45. The Morgan fingerprint density at radius 3 is 1.80 bits per heavy atom. The van der Waals surface area contributed by atoms with Gasteiger partial charge in [0.25, 0.3) is 0 Å². The molecule has 2 nitrogen and oxygen atoms in total. The topological polar surface area (TPSA) is 34.1 Å². The normalized spacial score (nSPS) is 21.1. The number of Topliss-reactive ketones (excluding diaryl/α,β-unsaturated/α-hetero) is 2. The number of rotatable bonds is 1. The maximum Gasteiger partial charge on any atom is 0.198 e. The molecular weight excluding hydrogens is 128 g/mol. The minimum absolute atomic E-state index is 0.168. The van der Waals surface area contributed by atoms with Crippen molar-refractivity contribution in [3.8, 4) is 0 Å². The molecule has 0 amide bonds. The van der Waals surface area contributed by atoms with Gasteiger partial charge in [-0.2, -0.15) is 0 Å². The summed E-state index contributed by atoms with van der Waals surface area (Å²) in [6, 6.07) is 0. The summed E-state index contributed by atoms with van der Waals surface area (Å²) in [5.41, 5.74) is 0. The van der Waals surface area contributed by atoms with Gasteiger partial charge in [-0.1, -0.05) is 13.8 Å². The predicted molar refractivity (Wildman–Crippen MR) is 37.6 cm³/mol. The lowest BCUT2D eigenvalue weighted by atomic mass is 9.95. The lowest BCUT2D eigenvalue weighted by molar-refractivity contribution is -0.134. The second kappa shape index (κ2) is 2.52. The molecule has 0 aromatic rings. The van der Waals surface area contributed by atoms with E-state index in [-0.39, 0.29) is 11.6 Å². The van der Waals surface area contributed by atoms with Gasteiger partial charge in [-0.3, -0.25) is 9.59 Å². The molecule has 10 heavy (non-hydrogen) atoms. The van der Waals surface area contributed by atoms with E-state index in [1.165, 1.54) is 0 Å². The second-order valence-corrected chi connectivity index (χ2v) is 3.26. The van der Waals surface area contributed by atoms with Gasteiger partial charge in [0.1, 0.15) is 0 Å². The van der Waals surface area contributed by atoms with Gasteiger partial charge in [0.2, 0.25) is 0 Å². The van der Waals surface area contributed by atoms with E-state index in [4.69, 9.17) is 0 Å². The van der Waals surface area contributed by atoms with Gasteiger partial charge >= 0.3 is 0 Å². The van der Waals surface area contributed by atoms with Gasteiger partial charge in [0.15, 0.2) is 11.6 Å². The number of ketones is 2. The smallest absolute Gasteiger partial charge is 0.198 e. The highest BCUT2D eigenvalue weighted by atomic mass is 16.2. The van der Waals surface area contributed by atoms with Crippen molar-refractivity contribution >= 4 is 11.6 Å². The van der Waals surface area contributed by atoms with E-state index in [9.17, 15) is 9.59 Å². The molecule has 0 aromatic carbocycles. The molecule has 0 aromatic heterocycles. The predicted octanol–water partition coefficient (Wildman–Crippen LogP) is 1.19. The van der Waals surface area contributed by atoms with E-state index >= 15 is 0 Å². The molecule has 0 atom stereocenters. The van der Waals surface area contributed by atoms with Crippen molar-refractivity contribution in [3.63, 3.8) is 0 Å². The van der Waals surface area contributed by atoms with Crippen LogP contribution < -0.4 is 0 Å². The van der Waals surface area contributed by atoms with Gasteiger partial charge in [-0.15, -0.1) is 0 Å². The quantitative estimate of drug-likeness (QED) is 0.513. The number of carbonyl (C=O) groups excluding carboxylic acids is 2. The lowest BCUT2D eigenvalue weighted by Gasteiger charge is -2.09. The Hall–Kier alpha value is -0.660. The van der Waals surface area contributed by atoms with Crippen LogP contribution in [0.5, 0.6) is 0 Å². The third kappa shape index (κ3) is 1.25. The van der Waals surface area contributed by atoms with Crippen molar-refractivity contribution in [3.05, 3.63) is 0 Å². The van der Waals surface area contributed by atoms with Crippen LogP contribution >= 0.6 is 0 Å². The van der Waals surface area contributed by atoms with Gasteiger partial charge < -0.3 is 0 Å². The molecule has 0 N–H and O–H groups in total. The zero-order chi connectivity index (χ0) is 7.72. The van der Waals surface area contributed by atoms with Crippen LogP contribution in [0.25, 0.3) is 0 Å². The molecule has 0 spiro atoms. The summed E-state index contributed by atoms with van der Waals surface area (Å²) in [5, 5.41) is 0. The highest BCUT2D eigenvalue weighted by molar-refractivity contribution is 6.39. The van der Waals surface area contributed by atoms with Crippen LogP contribution in [0.15, 0.2) is 0 Å². The molecule has 56 valence electrons. The third-order valence-electron chi connectivity index (χ3n) is 2.15. The van der Waals surface area contributed by atoms with E-state index in [1.807, 2.05) is 0 Å². The molecule has 1 fully saturated rings. The fraction of sp³-hybridized carbons (Fsp3) is 0.750. The van der Waals surface area contributed by atoms with E-state index in [0.29, 0.717) is 24.7 Å². The SMILES string of the molecule is CC(C)C1CC(=O)C(=O)C1. The molecule has 2 heteroatoms. The Balaban J connectivity index is 2.57. The van der Waals surface area contributed by atoms with Crippen molar-refractivity contribution in [2.75, 3.05) is 0 Å². The molecule has 0 heterocycles. The molecule has 0 aliphatic heterocycles. The summed E-state index contributed by atoms with van der Waals surface area (Å²) < 4.78 is 0. The molecule has 1 saturated carbocycles. The maximum atomic E-state index is 10.7. The van der Waals surface area contributed by atoms with Gasteiger partial charge in [0, 0.05) is 12.8 Å². The van der Waals surface area contributed by atoms with Crippen molar-refractivity contribution in [1.82, 2.24) is 0 Å².